The van der Waals surface area contributed by atoms with Crippen LogP contribution in [0.4, 0.5) is 0 Å². The standard InChI is InChI=1S/C9H13N2O2S/c10-7-3-5-8-4-1-2-6-9(8)14(11,12)13/h2,4,6H,3,5,7,10H2,(H2,11,12,13). The number of aryl methyl sites for hydroxylation is 1. The number of hydrogen-bond acceptors (Lipinski definition) is 3. The predicted octanol–water partition coefficient (Wildman–Crippen LogP) is 0.0255. The SMILES string of the molecule is NCCCc1c[c]ccc1S(N)(=O)=O. The summed E-state index contributed by atoms with van der Waals surface area (Å²) in [5.41, 5.74) is 6.03. The van der Waals surface area contributed by atoms with Gasteiger partial charge in [-0.05, 0) is 43.1 Å². The smallest absolute Gasteiger partial charge is 0.238 e. The third-order valence-corrected chi connectivity index (χ3v) is 2.87. The van der Waals surface area contributed by atoms with Gasteiger partial charge in [0.15, 0.2) is 0 Å². The summed E-state index contributed by atoms with van der Waals surface area (Å²) in [5.74, 6) is 0. The Kier molecular flexibility index (Phi) is 3.62. The number of nitrogens with two attached hydrogens (primary N) is 2. The van der Waals surface area contributed by atoms with E-state index >= 15 is 0 Å². The first-order valence-corrected chi connectivity index (χ1v) is 5.82. The molecule has 0 fully saturated rings. The van der Waals surface area contributed by atoms with Crippen molar-refractivity contribution in [3.8, 4) is 0 Å². The number of benzene rings is 1. The largest absolute Gasteiger partial charge is 0.330 e. The Morgan fingerprint density at radius 3 is 2.71 bits per heavy atom. The molecule has 0 spiro atoms. The van der Waals surface area contributed by atoms with Gasteiger partial charge in [-0.2, -0.15) is 0 Å². The van der Waals surface area contributed by atoms with Crippen molar-refractivity contribution in [2.75, 3.05) is 6.54 Å². The molecule has 0 saturated carbocycles. The second kappa shape index (κ2) is 4.54. The van der Waals surface area contributed by atoms with Gasteiger partial charge in [0, 0.05) is 0 Å². The molecule has 1 radical (unpaired) electrons. The molecule has 77 valence electrons. The lowest BCUT2D eigenvalue weighted by molar-refractivity contribution is 0.596. The van der Waals surface area contributed by atoms with Crippen LogP contribution in [0.15, 0.2) is 23.1 Å². The molecule has 0 unspecified atom stereocenters. The van der Waals surface area contributed by atoms with Crippen LogP contribution in [0.1, 0.15) is 12.0 Å². The average molecular weight is 213 g/mol. The maximum Gasteiger partial charge on any atom is 0.238 e. The van der Waals surface area contributed by atoms with Crippen molar-refractivity contribution < 1.29 is 8.42 Å². The molecule has 0 aromatic heterocycles. The lowest BCUT2D eigenvalue weighted by Crippen LogP contribution is -2.15. The second-order valence-electron chi connectivity index (χ2n) is 2.97. The molecule has 0 saturated heterocycles. The van der Waals surface area contributed by atoms with Gasteiger partial charge in [-0.15, -0.1) is 0 Å². The lowest BCUT2D eigenvalue weighted by atomic mass is 10.1. The van der Waals surface area contributed by atoms with Crippen molar-refractivity contribution in [2.24, 2.45) is 10.9 Å². The van der Waals surface area contributed by atoms with Gasteiger partial charge < -0.3 is 5.73 Å². The first-order chi connectivity index (χ1) is 6.55. The van der Waals surface area contributed by atoms with E-state index in [9.17, 15) is 8.42 Å². The van der Waals surface area contributed by atoms with E-state index in [4.69, 9.17) is 10.9 Å². The Hall–Kier alpha value is -0.910. The molecule has 0 aliphatic heterocycles. The van der Waals surface area contributed by atoms with Crippen molar-refractivity contribution >= 4 is 10.0 Å². The highest BCUT2D eigenvalue weighted by molar-refractivity contribution is 7.89. The zero-order chi connectivity index (χ0) is 10.6. The normalized spacial score (nSPS) is 11.6. The van der Waals surface area contributed by atoms with Gasteiger partial charge >= 0.3 is 0 Å². The third kappa shape index (κ3) is 2.80. The minimum Gasteiger partial charge on any atom is -0.330 e. The Bertz CT molecular complexity index is 401. The summed E-state index contributed by atoms with van der Waals surface area (Å²) in [4.78, 5) is 0.171. The summed E-state index contributed by atoms with van der Waals surface area (Å²) in [5, 5.41) is 5.06. The van der Waals surface area contributed by atoms with Crippen LogP contribution in [0.2, 0.25) is 0 Å². The first-order valence-electron chi connectivity index (χ1n) is 4.27. The van der Waals surface area contributed by atoms with Gasteiger partial charge in [0.25, 0.3) is 0 Å². The summed E-state index contributed by atoms with van der Waals surface area (Å²) in [6, 6.07) is 7.45. The number of primary sulfonamides is 1. The number of hydrogen-bond donors (Lipinski definition) is 2. The maximum atomic E-state index is 11.1. The zero-order valence-corrected chi connectivity index (χ0v) is 8.55. The second-order valence-corrected chi connectivity index (χ2v) is 4.50. The summed E-state index contributed by atoms with van der Waals surface area (Å²) in [6.07, 6.45) is 1.35. The van der Waals surface area contributed by atoms with Crippen LogP contribution in [0.25, 0.3) is 0 Å². The molecule has 14 heavy (non-hydrogen) atoms. The van der Waals surface area contributed by atoms with Crippen molar-refractivity contribution in [3.63, 3.8) is 0 Å². The Balaban J connectivity index is 3.04. The Morgan fingerprint density at radius 2 is 2.14 bits per heavy atom. The number of sulfonamides is 1. The van der Waals surface area contributed by atoms with E-state index < -0.39 is 10.0 Å². The molecule has 5 heteroatoms. The van der Waals surface area contributed by atoms with E-state index in [2.05, 4.69) is 6.07 Å². The monoisotopic (exact) mass is 213 g/mol. The molecule has 0 amide bonds. The van der Waals surface area contributed by atoms with Gasteiger partial charge in [-0.3, -0.25) is 0 Å². The van der Waals surface area contributed by atoms with Crippen LogP contribution >= 0.6 is 0 Å². The summed E-state index contributed by atoms with van der Waals surface area (Å²) >= 11 is 0. The minimum atomic E-state index is -3.62. The summed E-state index contributed by atoms with van der Waals surface area (Å²) in [6.45, 7) is 0.527. The third-order valence-electron chi connectivity index (χ3n) is 1.86. The molecule has 1 aromatic carbocycles. The van der Waals surface area contributed by atoms with E-state index in [-0.39, 0.29) is 4.90 Å². The highest BCUT2D eigenvalue weighted by atomic mass is 32.2. The van der Waals surface area contributed by atoms with Gasteiger partial charge in [-0.1, -0.05) is 6.07 Å². The fraction of sp³-hybridized carbons (Fsp3) is 0.333. The molecule has 1 aromatic rings. The zero-order valence-electron chi connectivity index (χ0n) is 7.73. The van der Waals surface area contributed by atoms with Crippen molar-refractivity contribution in [2.45, 2.75) is 17.7 Å². The Morgan fingerprint density at radius 1 is 1.43 bits per heavy atom. The highest BCUT2D eigenvalue weighted by Crippen LogP contribution is 2.14. The highest BCUT2D eigenvalue weighted by Gasteiger charge is 2.11. The van der Waals surface area contributed by atoms with Crippen molar-refractivity contribution in [1.82, 2.24) is 0 Å². The molecular weight excluding hydrogens is 200 g/mol. The minimum absolute atomic E-state index is 0.171. The molecule has 4 nitrogen and oxygen atoms in total. The van der Waals surface area contributed by atoms with Crippen molar-refractivity contribution in [1.29, 1.82) is 0 Å². The number of rotatable bonds is 4. The molecule has 4 N–H and O–H groups in total. The van der Waals surface area contributed by atoms with Crippen molar-refractivity contribution in [3.05, 3.63) is 29.8 Å². The lowest BCUT2D eigenvalue weighted by Gasteiger charge is -2.05. The van der Waals surface area contributed by atoms with Crippen LogP contribution < -0.4 is 10.9 Å². The van der Waals surface area contributed by atoms with Crippen LogP contribution in [0.3, 0.4) is 0 Å². The fourth-order valence-electron chi connectivity index (χ4n) is 1.22. The predicted molar refractivity (Wildman–Crippen MR) is 54.0 cm³/mol. The van der Waals surface area contributed by atoms with E-state index in [0.29, 0.717) is 18.5 Å². The van der Waals surface area contributed by atoms with Crippen LogP contribution in [0.5, 0.6) is 0 Å². The van der Waals surface area contributed by atoms with Crippen LogP contribution in [-0.2, 0) is 16.4 Å². The fourth-order valence-corrected chi connectivity index (χ4v) is 2.00. The van der Waals surface area contributed by atoms with E-state index in [1.165, 1.54) is 12.1 Å². The van der Waals surface area contributed by atoms with Gasteiger partial charge in [0.2, 0.25) is 10.0 Å². The van der Waals surface area contributed by atoms with E-state index in [1.807, 2.05) is 0 Å². The quantitative estimate of drug-likeness (QED) is 0.739. The van der Waals surface area contributed by atoms with E-state index in [0.717, 1.165) is 6.42 Å². The molecule has 0 atom stereocenters. The van der Waals surface area contributed by atoms with Crippen LogP contribution in [0, 0.1) is 6.07 Å². The Labute approximate surface area is 84.0 Å². The first kappa shape index (κ1) is 11.2. The average Bonchev–Trinajstić information content (AvgIpc) is 2.14. The molecule has 0 aliphatic rings. The molecule has 0 bridgehead atoms. The molecule has 1 rings (SSSR count). The van der Waals surface area contributed by atoms with Gasteiger partial charge in [0.1, 0.15) is 0 Å². The van der Waals surface area contributed by atoms with Gasteiger partial charge in [0.05, 0.1) is 4.90 Å². The maximum absolute atomic E-state index is 11.1. The summed E-state index contributed by atoms with van der Waals surface area (Å²) < 4.78 is 22.3. The van der Waals surface area contributed by atoms with Crippen LogP contribution in [-0.4, -0.2) is 15.0 Å². The molecule has 0 heterocycles. The topological polar surface area (TPSA) is 86.2 Å². The van der Waals surface area contributed by atoms with E-state index in [1.54, 1.807) is 6.07 Å². The summed E-state index contributed by atoms with van der Waals surface area (Å²) in [7, 11) is -3.62. The molecular formula is C9H13N2O2S. The molecule has 0 aliphatic carbocycles. The van der Waals surface area contributed by atoms with Gasteiger partial charge in [-0.25, -0.2) is 13.6 Å².